The van der Waals surface area contributed by atoms with Crippen molar-refractivity contribution >= 4 is 27.9 Å². The Morgan fingerprint density at radius 1 is 1.19 bits per heavy atom. The molecule has 0 aliphatic rings. The van der Waals surface area contributed by atoms with E-state index in [0.717, 1.165) is 0 Å². The number of hydrogen-bond donors (Lipinski definition) is 8. The number of hydrogen-bond acceptors (Lipinski definition) is 5. The number of carbonyl (C=O) groups is 1. The number of nitrogens with one attached hydrogen (secondary N) is 3. The minimum absolute atomic E-state index is 0.0532. The first-order chi connectivity index (χ1) is 12.3. The number of carboxylic acid groups (broad SMARTS) is 1. The van der Waals surface area contributed by atoms with Crippen LogP contribution in [0.15, 0.2) is 16.6 Å². The van der Waals surface area contributed by atoms with Crippen LogP contribution in [0.4, 0.5) is 0 Å². The SMILES string of the molecule is N=C(N)NCc1[nH]c(C(=O)O)c(Br)c1-c1ccc(CO)c(CO)c1CO. The molecule has 9 nitrogen and oxygen atoms in total. The van der Waals surface area contributed by atoms with E-state index in [9.17, 15) is 25.2 Å². The van der Waals surface area contributed by atoms with Crippen LogP contribution in [0, 0.1) is 5.41 Å². The number of carboxylic acids is 1. The molecule has 1 aromatic carbocycles. The van der Waals surface area contributed by atoms with Gasteiger partial charge in [0.15, 0.2) is 5.96 Å². The Morgan fingerprint density at radius 2 is 1.85 bits per heavy atom. The number of aliphatic hydroxyl groups is 3. The Bertz CT molecular complexity index is 850. The van der Waals surface area contributed by atoms with E-state index in [1.165, 1.54) is 0 Å². The fourth-order valence-electron chi connectivity index (χ4n) is 2.77. The van der Waals surface area contributed by atoms with Crippen LogP contribution < -0.4 is 11.1 Å². The first kappa shape index (κ1) is 19.9. The highest BCUT2D eigenvalue weighted by Crippen LogP contribution is 2.38. The minimum atomic E-state index is -1.19. The summed E-state index contributed by atoms with van der Waals surface area (Å²) in [5.41, 5.74) is 7.80. The van der Waals surface area contributed by atoms with E-state index in [0.29, 0.717) is 33.5 Å². The van der Waals surface area contributed by atoms with E-state index in [2.05, 4.69) is 26.2 Å². The number of nitrogens with two attached hydrogens (primary N) is 1. The van der Waals surface area contributed by atoms with Crippen LogP contribution in [0.1, 0.15) is 32.9 Å². The van der Waals surface area contributed by atoms with Gasteiger partial charge in [-0.3, -0.25) is 5.41 Å². The van der Waals surface area contributed by atoms with Gasteiger partial charge in [-0.05, 0) is 38.2 Å². The number of rotatable bonds is 7. The lowest BCUT2D eigenvalue weighted by molar-refractivity contribution is 0.0690. The monoisotopic (exact) mass is 426 g/mol. The fourth-order valence-corrected chi connectivity index (χ4v) is 3.49. The normalized spacial score (nSPS) is 10.8. The number of aromatic amines is 1. The van der Waals surface area contributed by atoms with Gasteiger partial charge in [-0.15, -0.1) is 0 Å². The second-order valence-electron chi connectivity index (χ2n) is 5.44. The third-order valence-corrected chi connectivity index (χ3v) is 4.76. The predicted molar refractivity (Wildman–Crippen MR) is 97.4 cm³/mol. The average Bonchev–Trinajstić information content (AvgIpc) is 2.94. The van der Waals surface area contributed by atoms with Crippen LogP contribution in [0.3, 0.4) is 0 Å². The van der Waals surface area contributed by atoms with Crippen molar-refractivity contribution in [2.24, 2.45) is 5.73 Å². The first-order valence-corrected chi connectivity index (χ1v) is 8.33. The molecule has 26 heavy (non-hydrogen) atoms. The number of aliphatic hydroxyl groups excluding tert-OH is 3. The topological polar surface area (TPSA) is 176 Å². The summed E-state index contributed by atoms with van der Waals surface area (Å²) in [6, 6.07) is 3.23. The summed E-state index contributed by atoms with van der Waals surface area (Å²) in [5, 5.41) is 48.2. The van der Waals surface area contributed by atoms with Gasteiger partial charge in [-0.2, -0.15) is 0 Å². The summed E-state index contributed by atoms with van der Waals surface area (Å²) in [6.45, 7) is -1.07. The summed E-state index contributed by atoms with van der Waals surface area (Å²) in [5.74, 6) is -1.47. The molecule has 0 aliphatic heterocycles. The maximum Gasteiger partial charge on any atom is 0.353 e. The molecule has 0 fully saturated rings. The minimum Gasteiger partial charge on any atom is -0.477 e. The van der Waals surface area contributed by atoms with Gasteiger partial charge in [-0.1, -0.05) is 12.1 Å². The summed E-state index contributed by atoms with van der Waals surface area (Å²) in [7, 11) is 0. The predicted octanol–water partition coefficient (Wildman–Crippen LogP) is 0.602. The number of benzene rings is 1. The van der Waals surface area contributed by atoms with Crippen molar-refractivity contribution < 1.29 is 25.2 Å². The van der Waals surface area contributed by atoms with E-state index in [1.807, 2.05) is 0 Å². The third-order valence-electron chi connectivity index (χ3n) is 3.97. The van der Waals surface area contributed by atoms with Gasteiger partial charge in [0.25, 0.3) is 0 Å². The van der Waals surface area contributed by atoms with Crippen LogP contribution in [-0.2, 0) is 26.4 Å². The Hall–Kier alpha value is -2.40. The van der Waals surface area contributed by atoms with Gasteiger partial charge in [-0.25, -0.2) is 4.79 Å². The first-order valence-electron chi connectivity index (χ1n) is 7.53. The molecule has 0 aliphatic carbocycles. The Kier molecular flexibility index (Phi) is 6.37. The molecule has 1 aromatic heterocycles. The molecular weight excluding hydrogens is 408 g/mol. The zero-order valence-corrected chi connectivity index (χ0v) is 15.2. The zero-order chi connectivity index (χ0) is 19.4. The van der Waals surface area contributed by atoms with Gasteiger partial charge in [0.2, 0.25) is 0 Å². The van der Waals surface area contributed by atoms with E-state index in [-0.39, 0.29) is 29.3 Å². The quantitative estimate of drug-likeness (QED) is 0.236. The lowest BCUT2D eigenvalue weighted by Gasteiger charge is -2.16. The molecule has 1 heterocycles. The Labute approximate surface area is 157 Å². The molecule has 9 N–H and O–H groups in total. The van der Waals surface area contributed by atoms with Crippen molar-refractivity contribution in [3.8, 4) is 11.1 Å². The second-order valence-corrected chi connectivity index (χ2v) is 6.24. The molecular formula is C16H19BrN4O5. The van der Waals surface area contributed by atoms with Crippen molar-refractivity contribution in [1.82, 2.24) is 10.3 Å². The van der Waals surface area contributed by atoms with Crippen molar-refractivity contribution in [3.63, 3.8) is 0 Å². The zero-order valence-electron chi connectivity index (χ0n) is 13.6. The van der Waals surface area contributed by atoms with Crippen LogP contribution in [-0.4, -0.2) is 37.3 Å². The highest BCUT2D eigenvalue weighted by molar-refractivity contribution is 9.10. The molecule has 2 rings (SSSR count). The molecule has 0 saturated heterocycles. The van der Waals surface area contributed by atoms with E-state index < -0.39 is 19.2 Å². The maximum absolute atomic E-state index is 11.5. The molecule has 0 saturated carbocycles. The smallest absolute Gasteiger partial charge is 0.353 e. The number of aromatic nitrogens is 1. The highest BCUT2D eigenvalue weighted by Gasteiger charge is 2.24. The van der Waals surface area contributed by atoms with Crippen LogP contribution in [0.25, 0.3) is 11.1 Å². The van der Waals surface area contributed by atoms with E-state index >= 15 is 0 Å². The second kappa shape index (κ2) is 8.32. The molecule has 0 amide bonds. The summed E-state index contributed by atoms with van der Waals surface area (Å²) < 4.78 is 0.265. The van der Waals surface area contributed by atoms with Crippen LogP contribution in [0.2, 0.25) is 0 Å². The third kappa shape index (κ3) is 3.73. The largest absolute Gasteiger partial charge is 0.477 e. The van der Waals surface area contributed by atoms with Crippen LogP contribution >= 0.6 is 15.9 Å². The number of guanidine groups is 1. The van der Waals surface area contributed by atoms with Gasteiger partial charge < -0.3 is 36.5 Å². The molecule has 140 valence electrons. The van der Waals surface area contributed by atoms with E-state index in [1.54, 1.807) is 12.1 Å². The fraction of sp³-hybridized carbons (Fsp3) is 0.250. The Balaban J connectivity index is 2.74. The van der Waals surface area contributed by atoms with Gasteiger partial charge in [0.1, 0.15) is 5.69 Å². The number of H-pyrrole nitrogens is 1. The van der Waals surface area contributed by atoms with Crippen LogP contribution in [0.5, 0.6) is 0 Å². The molecule has 0 atom stereocenters. The summed E-state index contributed by atoms with van der Waals surface area (Å²) in [4.78, 5) is 14.2. The lowest BCUT2D eigenvalue weighted by atomic mass is 9.92. The highest BCUT2D eigenvalue weighted by atomic mass is 79.9. The number of aromatic carboxylic acids is 1. The average molecular weight is 427 g/mol. The summed E-state index contributed by atoms with van der Waals surface area (Å²) >= 11 is 3.27. The molecule has 0 spiro atoms. The molecule has 10 heteroatoms. The van der Waals surface area contributed by atoms with Crippen molar-refractivity contribution in [2.75, 3.05) is 0 Å². The van der Waals surface area contributed by atoms with E-state index in [4.69, 9.17) is 11.1 Å². The summed E-state index contributed by atoms with van der Waals surface area (Å²) in [6.07, 6.45) is 0. The molecule has 0 radical (unpaired) electrons. The lowest BCUT2D eigenvalue weighted by Crippen LogP contribution is -2.29. The van der Waals surface area contributed by atoms with Gasteiger partial charge in [0, 0.05) is 11.3 Å². The number of halogens is 1. The van der Waals surface area contributed by atoms with Gasteiger partial charge >= 0.3 is 5.97 Å². The molecule has 0 unspecified atom stereocenters. The van der Waals surface area contributed by atoms with Crippen molar-refractivity contribution in [2.45, 2.75) is 26.4 Å². The van der Waals surface area contributed by atoms with Crippen molar-refractivity contribution in [1.29, 1.82) is 5.41 Å². The standard InChI is InChI=1S/C16H19BrN4O5/c17-13-12(11(3-20-16(18)19)21-14(13)15(25)26)8-2-1-7(4-22)9(5-23)10(8)6-24/h1-2,21-24H,3-6H2,(H,25,26)(H4,18,19,20). The Morgan fingerprint density at radius 3 is 2.35 bits per heavy atom. The van der Waals surface area contributed by atoms with Gasteiger partial charge in [0.05, 0.1) is 30.8 Å². The molecule has 0 bridgehead atoms. The van der Waals surface area contributed by atoms with Crippen molar-refractivity contribution in [3.05, 3.63) is 44.7 Å². The maximum atomic E-state index is 11.5. The molecule has 2 aromatic rings.